The lowest BCUT2D eigenvalue weighted by atomic mass is 9.82. The van der Waals surface area contributed by atoms with Gasteiger partial charge in [0.05, 0.1) is 38.0 Å². The molecule has 1 N–H and O–H groups in total. The number of benzene rings is 3. The molecule has 0 amide bonds. The zero-order valence-corrected chi connectivity index (χ0v) is 21.0. The summed E-state index contributed by atoms with van der Waals surface area (Å²) in [7, 11) is 1.25. The second-order valence-corrected chi connectivity index (χ2v) is 9.37. The first-order valence-electron chi connectivity index (χ1n) is 12.3. The van der Waals surface area contributed by atoms with Crippen LogP contribution in [0.3, 0.4) is 0 Å². The summed E-state index contributed by atoms with van der Waals surface area (Å²) in [5, 5.41) is 3.15. The number of carbonyl (C=O) groups excluding carboxylic acids is 1. The van der Waals surface area contributed by atoms with E-state index in [0.29, 0.717) is 12.1 Å². The first-order valence-corrected chi connectivity index (χ1v) is 12.3. The van der Waals surface area contributed by atoms with Crippen molar-refractivity contribution in [2.45, 2.75) is 43.8 Å². The summed E-state index contributed by atoms with van der Waals surface area (Å²) in [4.78, 5) is 12.0. The Hall–Kier alpha value is -3.37. The first kappa shape index (κ1) is 28.6. The Bertz CT molecular complexity index is 1220. The largest absolute Gasteiger partial charge is 0.468 e. The van der Waals surface area contributed by atoms with Gasteiger partial charge in [0, 0.05) is 12.0 Å². The molecule has 1 atom stereocenters. The number of fused-ring (bicyclic) bond motifs is 2. The van der Waals surface area contributed by atoms with Crippen molar-refractivity contribution in [1.82, 2.24) is 5.32 Å². The van der Waals surface area contributed by atoms with Gasteiger partial charge in [0.1, 0.15) is 0 Å². The first-order chi connectivity index (χ1) is 18.5. The van der Waals surface area contributed by atoms with Gasteiger partial charge in [-0.2, -0.15) is 26.3 Å². The molecule has 0 aliphatic heterocycles. The normalized spacial score (nSPS) is 14.7. The molecule has 0 radical (unpaired) electrons. The topological polar surface area (TPSA) is 47.6 Å². The third-order valence-electron chi connectivity index (χ3n) is 6.80. The van der Waals surface area contributed by atoms with Crippen molar-refractivity contribution in [3.05, 3.63) is 106 Å². The number of esters is 1. The fourth-order valence-electron chi connectivity index (χ4n) is 4.97. The summed E-state index contributed by atoms with van der Waals surface area (Å²) >= 11 is 0. The lowest BCUT2D eigenvalue weighted by Crippen LogP contribution is -2.42. The zero-order valence-electron chi connectivity index (χ0n) is 21.0. The molecule has 0 spiro atoms. The van der Waals surface area contributed by atoms with Gasteiger partial charge in [-0.3, -0.25) is 4.79 Å². The molecule has 0 saturated heterocycles. The molecule has 3 aromatic carbocycles. The number of carbonyl (C=O) groups is 1. The molecule has 208 valence electrons. The van der Waals surface area contributed by atoms with Gasteiger partial charge in [-0.05, 0) is 58.9 Å². The quantitative estimate of drug-likeness (QED) is 0.264. The van der Waals surface area contributed by atoms with E-state index in [-0.39, 0.29) is 30.7 Å². The number of rotatable bonds is 8. The van der Waals surface area contributed by atoms with E-state index < -0.39 is 42.1 Å². The van der Waals surface area contributed by atoms with Crippen molar-refractivity contribution in [2.24, 2.45) is 0 Å². The molecule has 0 aromatic heterocycles. The number of halogens is 6. The Morgan fingerprint density at radius 1 is 0.872 bits per heavy atom. The molecule has 10 heteroatoms. The molecule has 3 aromatic rings. The fourth-order valence-corrected chi connectivity index (χ4v) is 4.97. The van der Waals surface area contributed by atoms with Gasteiger partial charge in [-0.15, -0.1) is 0 Å². The van der Waals surface area contributed by atoms with E-state index in [4.69, 9.17) is 9.47 Å². The van der Waals surface area contributed by atoms with Crippen molar-refractivity contribution in [3.63, 3.8) is 0 Å². The number of hydrogen-bond acceptors (Lipinski definition) is 4. The van der Waals surface area contributed by atoms with Gasteiger partial charge >= 0.3 is 18.3 Å². The third-order valence-corrected chi connectivity index (χ3v) is 6.80. The summed E-state index contributed by atoms with van der Waals surface area (Å²) < 4.78 is 90.3. The van der Waals surface area contributed by atoms with Crippen molar-refractivity contribution in [3.8, 4) is 0 Å². The molecule has 0 bridgehead atoms. The Labute approximate surface area is 221 Å². The van der Waals surface area contributed by atoms with Crippen LogP contribution in [-0.2, 0) is 46.1 Å². The minimum absolute atomic E-state index is 0.0869. The van der Waals surface area contributed by atoms with Gasteiger partial charge in [0.15, 0.2) is 0 Å². The number of aryl methyl sites for hydroxylation is 2. The van der Waals surface area contributed by atoms with Gasteiger partial charge in [0.2, 0.25) is 0 Å². The van der Waals surface area contributed by atoms with Crippen LogP contribution in [0.2, 0.25) is 0 Å². The molecule has 1 aliphatic carbocycles. The van der Waals surface area contributed by atoms with Gasteiger partial charge in [0.25, 0.3) is 0 Å². The van der Waals surface area contributed by atoms with E-state index in [1.807, 2.05) is 48.5 Å². The lowest BCUT2D eigenvalue weighted by molar-refractivity contribution is -0.143. The van der Waals surface area contributed by atoms with Crippen LogP contribution in [-0.4, -0.2) is 32.3 Å². The summed E-state index contributed by atoms with van der Waals surface area (Å²) in [5.41, 5.74) is 1.17. The highest BCUT2D eigenvalue weighted by molar-refractivity contribution is 5.71. The number of ether oxygens (including phenoxy) is 2. The van der Waals surface area contributed by atoms with Crippen LogP contribution in [0.25, 0.3) is 0 Å². The highest BCUT2D eigenvalue weighted by atomic mass is 19.4. The predicted octanol–water partition coefficient (Wildman–Crippen LogP) is 6.30. The van der Waals surface area contributed by atoms with Gasteiger partial charge in [-0.1, -0.05) is 48.5 Å². The highest BCUT2D eigenvalue weighted by Crippen LogP contribution is 2.38. The highest BCUT2D eigenvalue weighted by Gasteiger charge is 2.37. The maximum absolute atomic E-state index is 13.3. The number of alkyl halides is 6. The fraction of sp³-hybridized carbons (Fsp3) is 0.345. The molecular formula is C29H27F6NO3. The smallest absolute Gasteiger partial charge is 0.416 e. The van der Waals surface area contributed by atoms with Crippen LogP contribution in [0.4, 0.5) is 26.3 Å². The van der Waals surface area contributed by atoms with E-state index in [1.54, 1.807) is 0 Å². The standard InChI is InChI=1S/C29H27F6NO3/c1-38-26(37)15-36-25(17-39-16-18-12-21(28(30,31)32)14-22(13-18)29(33,34)35)27-23-8-4-2-6-19(23)10-11-20-7-3-5-9-24(20)27/h2-9,12-14,25,27,36H,10-11,15-17H2,1H3. The van der Waals surface area contributed by atoms with Crippen molar-refractivity contribution < 1.29 is 40.6 Å². The second kappa shape index (κ2) is 11.8. The van der Waals surface area contributed by atoms with Crippen LogP contribution in [0, 0.1) is 0 Å². The second-order valence-electron chi connectivity index (χ2n) is 9.37. The Kier molecular flexibility index (Phi) is 8.66. The molecule has 1 aliphatic rings. The van der Waals surface area contributed by atoms with E-state index in [2.05, 4.69) is 5.32 Å². The molecule has 0 saturated carbocycles. The van der Waals surface area contributed by atoms with Gasteiger partial charge in [-0.25, -0.2) is 0 Å². The average molecular weight is 552 g/mol. The SMILES string of the molecule is COC(=O)CNC(COCc1cc(C(F)(F)F)cc(C(F)(F)F)c1)C1c2ccccc2CCc2ccccc21. The van der Waals surface area contributed by atoms with Crippen molar-refractivity contribution >= 4 is 5.97 Å². The zero-order chi connectivity index (χ0) is 28.2. The summed E-state index contributed by atoms with van der Waals surface area (Å²) in [6.07, 6.45) is -8.32. The van der Waals surface area contributed by atoms with Crippen LogP contribution in [0.5, 0.6) is 0 Å². The summed E-state index contributed by atoms with van der Waals surface area (Å²) in [6.45, 7) is -0.742. The van der Waals surface area contributed by atoms with E-state index in [0.717, 1.165) is 35.1 Å². The van der Waals surface area contributed by atoms with Crippen molar-refractivity contribution in [1.29, 1.82) is 0 Å². The van der Waals surface area contributed by atoms with E-state index in [9.17, 15) is 31.1 Å². The van der Waals surface area contributed by atoms with Crippen LogP contribution >= 0.6 is 0 Å². The Morgan fingerprint density at radius 3 is 1.87 bits per heavy atom. The van der Waals surface area contributed by atoms with Crippen molar-refractivity contribution in [2.75, 3.05) is 20.3 Å². The molecule has 4 rings (SSSR count). The number of hydrogen-bond donors (Lipinski definition) is 1. The third kappa shape index (κ3) is 6.99. The molecule has 39 heavy (non-hydrogen) atoms. The molecule has 0 heterocycles. The summed E-state index contributed by atoms with van der Waals surface area (Å²) in [5.74, 6) is -0.820. The van der Waals surface area contributed by atoms with Crippen LogP contribution < -0.4 is 5.32 Å². The van der Waals surface area contributed by atoms with Gasteiger partial charge < -0.3 is 14.8 Å². The Balaban J connectivity index is 1.65. The molecule has 1 unspecified atom stereocenters. The molecule has 0 fully saturated rings. The van der Waals surface area contributed by atoms with Crippen LogP contribution in [0.15, 0.2) is 66.7 Å². The summed E-state index contributed by atoms with van der Waals surface area (Å²) in [6, 6.07) is 16.5. The monoisotopic (exact) mass is 551 g/mol. The Morgan fingerprint density at radius 2 is 1.38 bits per heavy atom. The number of nitrogens with one attached hydrogen (secondary N) is 1. The molecule has 4 nitrogen and oxygen atoms in total. The predicted molar refractivity (Wildman–Crippen MR) is 132 cm³/mol. The maximum Gasteiger partial charge on any atom is 0.416 e. The maximum atomic E-state index is 13.3. The minimum atomic E-state index is -4.95. The van der Waals surface area contributed by atoms with E-state index in [1.165, 1.54) is 7.11 Å². The van der Waals surface area contributed by atoms with Crippen LogP contribution in [0.1, 0.15) is 44.9 Å². The van der Waals surface area contributed by atoms with E-state index >= 15 is 0 Å². The average Bonchev–Trinajstić information content (AvgIpc) is 3.06. The lowest BCUT2D eigenvalue weighted by Gasteiger charge is -2.30. The number of methoxy groups -OCH3 is 1. The minimum Gasteiger partial charge on any atom is -0.468 e. The molecular weight excluding hydrogens is 524 g/mol.